The Balaban J connectivity index is 2.36. The Hall–Kier alpha value is -1.14. The molecular weight excluding hydrogens is 262 g/mol. The first kappa shape index (κ1) is 16.9. The van der Waals surface area contributed by atoms with Crippen LogP contribution in [0.2, 0.25) is 0 Å². The third kappa shape index (κ3) is 5.09. The summed E-state index contributed by atoms with van der Waals surface area (Å²) in [4.78, 5) is 23.1. The molecule has 1 saturated carbocycles. The summed E-state index contributed by atoms with van der Waals surface area (Å²) < 4.78 is 9.90. The lowest BCUT2D eigenvalue weighted by Gasteiger charge is -2.35. The largest absolute Gasteiger partial charge is 0.481 e. The zero-order valence-corrected chi connectivity index (χ0v) is 12.3. The summed E-state index contributed by atoms with van der Waals surface area (Å²) in [5.74, 6) is -0.527. The Labute approximate surface area is 119 Å². The van der Waals surface area contributed by atoms with Gasteiger partial charge in [-0.2, -0.15) is 0 Å². The van der Waals surface area contributed by atoms with Crippen molar-refractivity contribution >= 4 is 11.9 Å². The highest BCUT2D eigenvalue weighted by atomic mass is 16.5. The Morgan fingerprint density at radius 2 is 1.95 bits per heavy atom. The lowest BCUT2D eigenvalue weighted by atomic mass is 9.71. The van der Waals surface area contributed by atoms with Crippen molar-refractivity contribution in [3.05, 3.63) is 0 Å². The maximum Gasteiger partial charge on any atom is 0.311 e. The predicted molar refractivity (Wildman–Crippen MR) is 73.4 cm³/mol. The van der Waals surface area contributed by atoms with Crippen molar-refractivity contribution in [3.63, 3.8) is 0 Å². The van der Waals surface area contributed by atoms with Crippen LogP contribution in [0.4, 0.5) is 0 Å². The highest BCUT2D eigenvalue weighted by Crippen LogP contribution is 2.38. The van der Waals surface area contributed by atoms with Crippen LogP contribution in [-0.2, 0) is 19.1 Å². The van der Waals surface area contributed by atoms with Gasteiger partial charge in [0.25, 0.3) is 0 Å². The average molecular weight is 287 g/mol. The molecule has 0 aromatic rings. The second-order valence-corrected chi connectivity index (χ2v) is 5.59. The molecular formula is C14H25NO5. The summed E-state index contributed by atoms with van der Waals surface area (Å²) in [5, 5.41) is 12.1. The van der Waals surface area contributed by atoms with Crippen LogP contribution in [0, 0.1) is 11.3 Å². The molecule has 0 bridgehead atoms. The van der Waals surface area contributed by atoms with E-state index in [-0.39, 0.29) is 19.1 Å². The van der Waals surface area contributed by atoms with Gasteiger partial charge in [0.05, 0.1) is 18.6 Å². The minimum absolute atomic E-state index is 0.0601. The summed E-state index contributed by atoms with van der Waals surface area (Å²) in [6, 6.07) is 0. The number of ether oxygens (including phenoxy) is 2. The van der Waals surface area contributed by atoms with E-state index in [1.807, 2.05) is 0 Å². The van der Waals surface area contributed by atoms with E-state index in [0.29, 0.717) is 32.0 Å². The molecule has 1 amide bonds. The molecule has 0 heterocycles. The van der Waals surface area contributed by atoms with Crippen molar-refractivity contribution in [3.8, 4) is 0 Å². The number of carbonyl (C=O) groups is 2. The van der Waals surface area contributed by atoms with Crippen LogP contribution in [0.25, 0.3) is 0 Å². The van der Waals surface area contributed by atoms with E-state index in [2.05, 4.69) is 12.2 Å². The summed E-state index contributed by atoms with van der Waals surface area (Å²) in [7, 11) is 1.56. The molecule has 0 aromatic heterocycles. The molecule has 6 nitrogen and oxygen atoms in total. The standard InChI is InChI=1S/C14H25NO5/c1-11-3-5-14(6-4-11,13(17)18)10-15-12(16)9-20-8-7-19-2/h11H,3-10H2,1-2H3,(H,15,16)(H,17,18). The van der Waals surface area contributed by atoms with Crippen LogP contribution < -0.4 is 5.32 Å². The zero-order valence-electron chi connectivity index (χ0n) is 12.3. The van der Waals surface area contributed by atoms with Crippen molar-refractivity contribution in [1.82, 2.24) is 5.32 Å². The number of carboxylic acids is 1. The van der Waals surface area contributed by atoms with Gasteiger partial charge in [-0.05, 0) is 31.6 Å². The monoisotopic (exact) mass is 287 g/mol. The van der Waals surface area contributed by atoms with Gasteiger partial charge in [-0.15, -0.1) is 0 Å². The molecule has 1 rings (SSSR count). The molecule has 1 aliphatic rings. The number of methoxy groups -OCH3 is 1. The third-order valence-electron chi connectivity index (χ3n) is 3.97. The minimum atomic E-state index is -0.815. The number of rotatable bonds is 8. The van der Waals surface area contributed by atoms with Crippen LogP contribution in [0.1, 0.15) is 32.6 Å². The maximum absolute atomic E-state index is 11.6. The Morgan fingerprint density at radius 1 is 1.30 bits per heavy atom. The third-order valence-corrected chi connectivity index (χ3v) is 3.97. The first-order chi connectivity index (χ1) is 9.50. The van der Waals surface area contributed by atoms with Gasteiger partial charge in [-0.1, -0.05) is 6.92 Å². The molecule has 1 fully saturated rings. The number of hydrogen-bond donors (Lipinski definition) is 2. The van der Waals surface area contributed by atoms with E-state index >= 15 is 0 Å². The summed E-state index contributed by atoms with van der Waals surface area (Å²) in [5.41, 5.74) is -0.811. The Morgan fingerprint density at radius 3 is 2.50 bits per heavy atom. The highest BCUT2D eigenvalue weighted by molar-refractivity contribution is 5.79. The molecule has 0 aliphatic heterocycles. The van der Waals surface area contributed by atoms with Gasteiger partial charge in [0.2, 0.25) is 5.91 Å². The number of carbonyl (C=O) groups excluding carboxylic acids is 1. The second-order valence-electron chi connectivity index (χ2n) is 5.59. The summed E-state index contributed by atoms with van der Waals surface area (Å²) >= 11 is 0. The van der Waals surface area contributed by atoms with Crippen molar-refractivity contribution in [2.24, 2.45) is 11.3 Å². The van der Waals surface area contributed by atoms with Gasteiger partial charge in [0.15, 0.2) is 0 Å². The lowest BCUT2D eigenvalue weighted by molar-refractivity contribution is -0.151. The molecule has 116 valence electrons. The fourth-order valence-electron chi connectivity index (χ4n) is 2.41. The number of aliphatic carboxylic acids is 1. The number of nitrogens with one attached hydrogen (secondary N) is 1. The normalized spacial score (nSPS) is 26.2. The molecule has 0 atom stereocenters. The first-order valence-corrected chi connectivity index (χ1v) is 7.07. The fourth-order valence-corrected chi connectivity index (χ4v) is 2.41. The SMILES string of the molecule is COCCOCC(=O)NCC1(C(=O)O)CCC(C)CC1. The average Bonchev–Trinajstić information content (AvgIpc) is 2.43. The topological polar surface area (TPSA) is 84.9 Å². The Bertz CT molecular complexity index is 324. The van der Waals surface area contributed by atoms with Gasteiger partial charge >= 0.3 is 5.97 Å². The van der Waals surface area contributed by atoms with Crippen LogP contribution in [0.15, 0.2) is 0 Å². The first-order valence-electron chi connectivity index (χ1n) is 7.07. The van der Waals surface area contributed by atoms with E-state index < -0.39 is 11.4 Å². The predicted octanol–water partition coefficient (Wildman–Crippen LogP) is 1.05. The number of carboxylic acid groups (broad SMARTS) is 1. The summed E-state index contributed by atoms with van der Waals surface area (Å²) in [6.07, 6.45) is 3.03. The van der Waals surface area contributed by atoms with E-state index in [0.717, 1.165) is 12.8 Å². The van der Waals surface area contributed by atoms with Gasteiger partial charge in [-0.25, -0.2) is 0 Å². The fraction of sp³-hybridized carbons (Fsp3) is 0.857. The minimum Gasteiger partial charge on any atom is -0.481 e. The smallest absolute Gasteiger partial charge is 0.311 e. The molecule has 20 heavy (non-hydrogen) atoms. The highest BCUT2D eigenvalue weighted by Gasteiger charge is 2.41. The van der Waals surface area contributed by atoms with E-state index in [1.54, 1.807) is 7.11 Å². The molecule has 0 unspecified atom stereocenters. The van der Waals surface area contributed by atoms with E-state index in [9.17, 15) is 14.7 Å². The Kier molecular flexibility index (Phi) is 6.95. The molecule has 2 N–H and O–H groups in total. The van der Waals surface area contributed by atoms with Gasteiger partial charge in [0, 0.05) is 13.7 Å². The molecule has 0 saturated heterocycles. The van der Waals surface area contributed by atoms with Crippen LogP contribution in [0.3, 0.4) is 0 Å². The maximum atomic E-state index is 11.6. The molecule has 6 heteroatoms. The second kappa shape index (κ2) is 8.21. The number of hydrogen-bond acceptors (Lipinski definition) is 4. The quantitative estimate of drug-likeness (QED) is 0.652. The van der Waals surface area contributed by atoms with Crippen LogP contribution in [0.5, 0.6) is 0 Å². The van der Waals surface area contributed by atoms with Crippen molar-refractivity contribution in [2.45, 2.75) is 32.6 Å². The van der Waals surface area contributed by atoms with Crippen LogP contribution >= 0.6 is 0 Å². The van der Waals surface area contributed by atoms with Crippen molar-refractivity contribution < 1.29 is 24.2 Å². The van der Waals surface area contributed by atoms with Gasteiger partial charge in [0.1, 0.15) is 6.61 Å². The molecule has 0 spiro atoms. The van der Waals surface area contributed by atoms with E-state index in [4.69, 9.17) is 9.47 Å². The lowest BCUT2D eigenvalue weighted by Crippen LogP contribution is -2.46. The molecule has 0 aromatic carbocycles. The van der Waals surface area contributed by atoms with Crippen molar-refractivity contribution in [2.75, 3.05) is 33.5 Å². The van der Waals surface area contributed by atoms with Gasteiger partial charge in [-0.3, -0.25) is 9.59 Å². The van der Waals surface area contributed by atoms with Crippen LogP contribution in [-0.4, -0.2) is 50.5 Å². The zero-order chi connectivity index (χ0) is 15.0. The number of amides is 1. The van der Waals surface area contributed by atoms with Crippen molar-refractivity contribution in [1.29, 1.82) is 0 Å². The molecule has 1 aliphatic carbocycles. The molecule has 0 radical (unpaired) electrons. The summed E-state index contributed by atoms with van der Waals surface area (Å²) in [6.45, 7) is 3.04. The van der Waals surface area contributed by atoms with E-state index in [1.165, 1.54) is 0 Å². The van der Waals surface area contributed by atoms with Gasteiger partial charge < -0.3 is 19.9 Å².